The standard InChI is InChI=1S/C13H22N2O2/c1-3-12-10(4-5-17-12)8-15-13(16)9(2)11-6-14-7-11/h10,12,14H,3-8H2,1-2H3,(H,15,16). The van der Waals surface area contributed by atoms with Crippen LogP contribution in [0.25, 0.3) is 0 Å². The first-order valence-electron chi connectivity index (χ1n) is 6.51. The summed E-state index contributed by atoms with van der Waals surface area (Å²) in [6.07, 6.45) is 2.43. The molecule has 2 rings (SSSR count). The molecule has 2 aliphatic rings. The first-order chi connectivity index (χ1) is 8.22. The van der Waals surface area contributed by atoms with Crippen LogP contribution in [-0.2, 0) is 9.53 Å². The van der Waals surface area contributed by atoms with Crippen LogP contribution in [0.2, 0.25) is 0 Å². The summed E-state index contributed by atoms with van der Waals surface area (Å²) >= 11 is 0. The van der Waals surface area contributed by atoms with E-state index >= 15 is 0 Å². The van der Waals surface area contributed by atoms with Crippen LogP contribution in [0.3, 0.4) is 0 Å². The Bertz CT molecular complexity index is 319. The van der Waals surface area contributed by atoms with Gasteiger partial charge < -0.3 is 15.4 Å². The summed E-state index contributed by atoms with van der Waals surface area (Å²) in [5.41, 5.74) is 2.12. The average Bonchev–Trinajstić information content (AvgIpc) is 2.70. The zero-order valence-corrected chi connectivity index (χ0v) is 10.7. The van der Waals surface area contributed by atoms with Crippen LogP contribution in [0.5, 0.6) is 0 Å². The van der Waals surface area contributed by atoms with Crippen molar-refractivity contribution in [2.45, 2.75) is 32.8 Å². The van der Waals surface area contributed by atoms with Gasteiger partial charge >= 0.3 is 0 Å². The molecule has 4 heteroatoms. The van der Waals surface area contributed by atoms with Gasteiger partial charge in [-0.2, -0.15) is 0 Å². The molecule has 0 aliphatic carbocycles. The van der Waals surface area contributed by atoms with Crippen LogP contribution < -0.4 is 10.6 Å². The number of carbonyl (C=O) groups excluding carboxylic acids is 1. The second-order valence-corrected chi connectivity index (χ2v) is 4.91. The van der Waals surface area contributed by atoms with Crippen LogP contribution >= 0.6 is 0 Å². The molecule has 17 heavy (non-hydrogen) atoms. The SMILES string of the molecule is CCC1OCCC1CNC(=O)C(C)=C1CNC1. The van der Waals surface area contributed by atoms with E-state index in [1.54, 1.807) is 0 Å². The summed E-state index contributed by atoms with van der Waals surface area (Å²) in [6.45, 7) is 7.36. The quantitative estimate of drug-likeness (QED) is 0.714. The fourth-order valence-corrected chi connectivity index (χ4v) is 2.41. The largest absolute Gasteiger partial charge is 0.378 e. The predicted octanol–water partition coefficient (Wildman–Crippen LogP) is 0.837. The molecule has 0 aromatic heterocycles. The van der Waals surface area contributed by atoms with Gasteiger partial charge in [-0.25, -0.2) is 0 Å². The van der Waals surface area contributed by atoms with Gasteiger partial charge in [0, 0.05) is 37.7 Å². The van der Waals surface area contributed by atoms with Crippen LogP contribution in [0.15, 0.2) is 11.1 Å². The molecule has 0 saturated carbocycles. The van der Waals surface area contributed by atoms with Gasteiger partial charge in [0.15, 0.2) is 0 Å². The van der Waals surface area contributed by atoms with Crippen molar-refractivity contribution < 1.29 is 9.53 Å². The molecular formula is C13H22N2O2. The highest BCUT2D eigenvalue weighted by Gasteiger charge is 2.27. The fourth-order valence-electron chi connectivity index (χ4n) is 2.41. The Morgan fingerprint density at radius 2 is 2.29 bits per heavy atom. The Morgan fingerprint density at radius 3 is 2.88 bits per heavy atom. The Labute approximate surface area is 103 Å². The van der Waals surface area contributed by atoms with Crippen LogP contribution in [0.1, 0.15) is 26.7 Å². The Hall–Kier alpha value is -0.870. The van der Waals surface area contributed by atoms with E-state index in [4.69, 9.17) is 4.74 Å². The molecule has 0 aromatic carbocycles. The monoisotopic (exact) mass is 238 g/mol. The first kappa shape index (κ1) is 12.6. The normalized spacial score (nSPS) is 27.8. The van der Waals surface area contributed by atoms with Crippen molar-refractivity contribution >= 4 is 5.91 Å². The first-order valence-corrected chi connectivity index (χ1v) is 6.51. The third-order valence-electron chi connectivity index (χ3n) is 3.82. The molecule has 0 radical (unpaired) electrons. The van der Waals surface area contributed by atoms with Gasteiger partial charge in [-0.3, -0.25) is 4.79 Å². The lowest BCUT2D eigenvalue weighted by Crippen LogP contribution is -2.39. The molecule has 0 aromatic rings. The van der Waals surface area contributed by atoms with Gasteiger partial charge in [0.25, 0.3) is 0 Å². The minimum atomic E-state index is 0.0863. The summed E-state index contributed by atoms with van der Waals surface area (Å²) in [5.74, 6) is 0.574. The number of amides is 1. The van der Waals surface area contributed by atoms with Gasteiger partial charge in [0.05, 0.1) is 6.10 Å². The van der Waals surface area contributed by atoms with Crippen molar-refractivity contribution in [3.8, 4) is 0 Å². The molecule has 2 atom stereocenters. The van der Waals surface area contributed by atoms with Crippen LogP contribution in [-0.4, -0.2) is 38.3 Å². The van der Waals surface area contributed by atoms with E-state index in [9.17, 15) is 4.79 Å². The van der Waals surface area contributed by atoms with Crippen molar-refractivity contribution in [2.75, 3.05) is 26.2 Å². The molecule has 0 spiro atoms. The van der Waals surface area contributed by atoms with Crippen molar-refractivity contribution in [1.82, 2.24) is 10.6 Å². The summed E-state index contributed by atoms with van der Waals surface area (Å²) in [6, 6.07) is 0. The van der Waals surface area contributed by atoms with Gasteiger partial charge in [0.1, 0.15) is 0 Å². The maximum Gasteiger partial charge on any atom is 0.246 e. The summed E-state index contributed by atoms with van der Waals surface area (Å²) in [4.78, 5) is 11.9. The third kappa shape index (κ3) is 2.87. The summed E-state index contributed by atoms with van der Waals surface area (Å²) in [7, 11) is 0. The van der Waals surface area contributed by atoms with Gasteiger partial charge in [-0.1, -0.05) is 6.92 Å². The lowest BCUT2D eigenvalue weighted by molar-refractivity contribution is -0.117. The summed E-state index contributed by atoms with van der Waals surface area (Å²) in [5, 5.41) is 6.19. The van der Waals surface area contributed by atoms with E-state index < -0.39 is 0 Å². The van der Waals surface area contributed by atoms with E-state index in [2.05, 4.69) is 17.6 Å². The topological polar surface area (TPSA) is 50.4 Å². The van der Waals surface area contributed by atoms with Crippen molar-refractivity contribution in [1.29, 1.82) is 0 Å². The minimum absolute atomic E-state index is 0.0863. The molecule has 2 N–H and O–H groups in total. The molecule has 2 heterocycles. The smallest absolute Gasteiger partial charge is 0.246 e. The van der Waals surface area contributed by atoms with Gasteiger partial charge in [-0.15, -0.1) is 0 Å². The van der Waals surface area contributed by atoms with E-state index in [1.165, 1.54) is 5.57 Å². The third-order valence-corrected chi connectivity index (χ3v) is 3.82. The number of ether oxygens (including phenoxy) is 1. The van der Waals surface area contributed by atoms with Crippen molar-refractivity contribution in [3.63, 3.8) is 0 Å². The number of rotatable bonds is 4. The lowest BCUT2D eigenvalue weighted by Gasteiger charge is -2.22. The number of hydrogen-bond acceptors (Lipinski definition) is 3. The molecule has 1 amide bonds. The number of carbonyl (C=O) groups is 1. The zero-order valence-electron chi connectivity index (χ0n) is 10.7. The fraction of sp³-hybridized carbons (Fsp3) is 0.769. The van der Waals surface area contributed by atoms with E-state index in [0.29, 0.717) is 12.0 Å². The minimum Gasteiger partial charge on any atom is -0.378 e. The second kappa shape index (κ2) is 5.65. The highest BCUT2D eigenvalue weighted by Crippen LogP contribution is 2.22. The number of hydrogen-bond donors (Lipinski definition) is 2. The van der Waals surface area contributed by atoms with Gasteiger partial charge in [0.2, 0.25) is 5.91 Å². The predicted molar refractivity (Wildman–Crippen MR) is 66.7 cm³/mol. The zero-order chi connectivity index (χ0) is 12.3. The molecule has 2 saturated heterocycles. The maximum atomic E-state index is 11.9. The lowest BCUT2D eigenvalue weighted by atomic mass is 9.99. The highest BCUT2D eigenvalue weighted by atomic mass is 16.5. The molecule has 0 bridgehead atoms. The Balaban J connectivity index is 1.79. The number of nitrogens with one attached hydrogen (secondary N) is 2. The van der Waals surface area contributed by atoms with Gasteiger partial charge in [-0.05, 0) is 25.3 Å². The Morgan fingerprint density at radius 1 is 1.53 bits per heavy atom. The van der Waals surface area contributed by atoms with E-state index in [-0.39, 0.29) is 5.91 Å². The van der Waals surface area contributed by atoms with E-state index in [0.717, 1.165) is 44.7 Å². The van der Waals surface area contributed by atoms with E-state index in [1.807, 2.05) is 6.92 Å². The van der Waals surface area contributed by atoms with Crippen LogP contribution in [0, 0.1) is 5.92 Å². The highest BCUT2D eigenvalue weighted by molar-refractivity contribution is 5.93. The molecule has 96 valence electrons. The van der Waals surface area contributed by atoms with Crippen molar-refractivity contribution in [2.24, 2.45) is 5.92 Å². The van der Waals surface area contributed by atoms with Crippen molar-refractivity contribution in [3.05, 3.63) is 11.1 Å². The molecule has 2 unspecified atom stereocenters. The molecular weight excluding hydrogens is 216 g/mol. The molecule has 2 aliphatic heterocycles. The average molecular weight is 238 g/mol. The summed E-state index contributed by atoms with van der Waals surface area (Å²) < 4.78 is 5.61. The second-order valence-electron chi connectivity index (χ2n) is 4.91. The maximum absolute atomic E-state index is 11.9. The molecule has 2 fully saturated rings. The molecule has 4 nitrogen and oxygen atoms in total. The van der Waals surface area contributed by atoms with Crippen LogP contribution in [0.4, 0.5) is 0 Å². The Kier molecular flexibility index (Phi) is 4.18.